The minimum atomic E-state index is -0.790. The molecule has 0 saturated heterocycles. The Morgan fingerprint density at radius 2 is 1.10 bits per heavy atom. The second-order valence-corrected chi connectivity index (χ2v) is 9.04. The third kappa shape index (κ3) is 20.2. The second kappa shape index (κ2) is 23.0. The Labute approximate surface area is 193 Å². The van der Waals surface area contributed by atoms with Crippen LogP contribution in [0.5, 0.6) is 0 Å². The Bertz CT molecular complexity index is 347. The summed E-state index contributed by atoms with van der Waals surface area (Å²) in [5.74, 6) is -0.790. The molecule has 0 heterocycles. The Hall–Kier alpha value is -0.200. The summed E-state index contributed by atoms with van der Waals surface area (Å²) in [5, 5.41) is 9.43. The number of hydrogen-bond acceptors (Lipinski definition) is 5. The molecule has 0 aromatic rings. The molecule has 0 radical (unpaired) electrons. The van der Waals surface area contributed by atoms with Crippen LogP contribution in [0.2, 0.25) is 0 Å². The van der Waals surface area contributed by atoms with E-state index in [1.807, 2.05) is 0 Å². The van der Waals surface area contributed by atoms with Crippen LogP contribution in [0.25, 0.3) is 0 Å². The van der Waals surface area contributed by atoms with E-state index in [0.717, 1.165) is 13.0 Å². The van der Waals surface area contributed by atoms with Crippen LogP contribution in [-0.4, -0.2) is 57.6 Å². The summed E-state index contributed by atoms with van der Waals surface area (Å²) in [6.45, 7) is 5.40. The molecule has 0 amide bonds. The van der Waals surface area contributed by atoms with Crippen molar-refractivity contribution in [3.63, 3.8) is 0 Å². The Morgan fingerprint density at radius 3 is 1.48 bits per heavy atom. The summed E-state index contributed by atoms with van der Waals surface area (Å²) >= 11 is 0. The molecule has 0 fully saturated rings. The molecule has 0 bridgehead atoms. The fraction of sp³-hybridized carbons (Fsp3) is 1.00. The number of methoxy groups -OCH3 is 2. The maximum Gasteiger partial charge on any atom is 0.188 e. The highest BCUT2D eigenvalue weighted by Crippen LogP contribution is 2.14. The van der Waals surface area contributed by atoms with E-state index in [9.17, 15) is 5.11 Å². The van der Waals surface area contributed by atoms with Crippen LogP contribution in [0.4, 0.5) is 0 Å². The number of aliphatic hydroxyl groups is 1. The molecule has 0 aromatic carbocycles. The van der Waals surface area contributed by atoms with Crippen molar-refractivity contribution >= 4 is 0 Å². The SMILES string of the molecule is CCCCCCCCCCCCCCCCCCOCC(CO)OCC(C)(OC)OC. The van der Waals surface area contributed by atoms with Gasteiger partial charge in [-0.2, -0.15) is 0 Å². The first-order valence-corrected chi connectivity index (χ1v) is 13.0. The van der Waals surface area contributed by atoms with Crippen LogP contribution >= 0.6 is 0 Å². The van der Waals surface area contributed by atoms with Gasteiger partial charge in [-0.15, -0.1) is 0 Å². The largest absolute Gasteiger partial charge is 0.394 e. The number of hydrogen-bond donors (Lipinski definition) is 1. The predicted octanol–water partition coefficient (Wildman–Crippen LogP) is 6.65. The lowest BCUT2D eigenvalue weighted by Crippen LogP contribution is -2.39. The van der Waals surface area contributed by atoms with E-state index in [2.05, 4.69) is 6.92 Å². The first kappa shape index (κ1) is 30.8. The molecule has 0 saturated carbocycles. The van der Waals surface area contributed by atoms with Gasteiger partial charge in [0.1, 0.15) is 12.7 Å². The molecule has 31 heavy (non-hydrogen) atoms. The van der Waals surface area contributed by atoms with E-state index in [-0.39, 0.29) is 19.3 Å². The molecule has 1 N–H and O–H groups in total. The highest BCUT2D eigenvalue weighted by Gasteiger charge is 2.24. The molecule has 5 nitrogen and oxygen atoms in total. The summed E-state index contributed by atoms with van der Waals surface area (Å²) in [6.07, 6.45) is 21.6. The second-order valence-electron chi connectivity index (χ2n) is 9.04. The van der Waals surface area contributed by atoms with Gasteiger partial charge in [0.15, 0.2) is 5.79 Å². The molecular formula is C26H54O5. The fourth-order valence-electron chi connectivity index (χ4n) is 3.59. The zero-order valence-corrected chi connectivity index (χ0v) is 21.3. The fourth-order valence-corrected chi connectivity index (χ4v) is 3.59. The molecule has 5 heteroatoms. The maximum atomic E-state index is 9.43. The van der Waals surface area contributed by atoms with E-state index in [1.165, 1.54) is 96.3 Å². The van der Waals surface area contributed by atoms with Crippen molar-refractivity contribution in [3.8, 4) is 0 Å². The summed E-state index contributed by atoms with van der Waals surface area (Å²) < 4.78 is 21.8. The summed E-state index contributed by atoms with van der Waals surface area (Å²) in [7, 11) is 3.16. The average molecular weight is 447 g/mol. The molecule has 188 valence electrons. The van der Waals surface area contributed by atoms with Gasteiger partial charge < -0.3 is 24.1 Å². The molecule has 1 unspecified atom stereocenters. The van der Waals surface area contributed by atoms with Crippen molar-refractivity contribution in [2.45, 2.75) is 128 Å². The molecule has 0 aromatic heterocycles. The molecule has 0 spiro atoms. The molecule has 0 aliphatic rings. The van der Waals surface area contributed by atoms with E-state index in [4.69, 9.17) is 18.9 Å². The molecule has 0 aliphatic heterocycles. The lowest BCUT2D eigenvalue weighted by molar-refractivity contribution is -0.234. The minimum absolute atomic E-state index is 0.0670. The number of ether oxygens (including phenoxy) is 4. The molecular weight excluding hydrogens is 392 g/mol. The van der Waals surface area contributed by atoms with Crippen LogP contribution in [0.15, 0.2) is 0 Å². The molecule has 1 atom stereocenters. The standard InChI is InChI=1S/C26H54O5/c1-5-6-7-8-9-10-11-12-13-14-15-16-17-18-19-20-21-30-23-25(22-27)31-24-26(2,28-3)29-4/h25,27H,5-24H2,1-4H3. The highest BCUT2D eigenvalue weighted by atomic mass is 16.7. The molecule has 0 rings (SSSR count). The van der Waals surface area contributed by atoms with Gasteiger partial charge in [-0.05, 0) is 13.3 Å². The van der Waals surface area contributed by atoms with Crippen molar-refractivity contribution in [2.24, 2.45) is 0 Å². The van der Waals surface area contributed by atoms with Gasteiger partial charge in [-0.25, -0.2) is 0 Å². The number of rotatable bonds is 25. The smallest absolute Gasteiger partial charge is 0.188 e. The average Bonchev–Trinajstić information content (AvgIpc) is 2.80. The first-order chi connectivity index (χ1) is 15.1. The van der Waals surface area contributed by atoms with E-state index < -0.39 is 5.79 Å². The highest BCUT2D eigenvalue weighted by molar-refractivity contribution is 4.63. The maximum absolute atomic E-state index is 9.43. The Kier molecular flexibility index (Phi) is 22.8. The Balaban J connectivity index is 3.33. The van der Waals surface area contributed by atoms with Crippen molar-refractivity contribution in [3.05, 3.63) is 0 Å². The Morgan fingerprint density at radius 1 is 0.677 bits per heavy atom. The van der Waals surface area contributed by atoms with E-state index >= 15 is 0 Å². The van der Waals surface area contributed by atoms with Crippen molar-refractivity contribution in [1.29, 1.82) is 0 Å². The summed E-state index contributed by atoms with van der Waals surface area (Å²) in [5.41, 5.74) is 0. The zero-order chi connectivity index (χ0) is 23.0. The predicted molar refractivity (Wildman–Crippen MR) is 130 cm³/mol. The zero-order valence-electron chi connectivity index (χ0n) is 21.3. The van der Waals surface area contributed by atoms with Gasteiger partial charge in [0.05, 0.1) is 13.2 Å². The normalized spacial score (nSPS) is 13.1. The first-order valence-electron chi connectivity index (χ1n) is 13.0. The van der Waals surface area contributed by atoms with Crippen LogP contribution in [-0.2, 0) is 18.9 Å². The van der Waals surface area contributed by atoms with Crippen LogP contribution in [0, 0.1) is 0 Å². The molecule has 0 aliphatic carbocycles. The number of unbranched alkanes of at least 4 members (excludes halogenated alkanes) is 15. The van der Waals surface area contributed by atoms with E-state index in [0.29, 0.717) is 6.61 Å². The third-order valence-corrected chi connectivity index (χ3v) is 6.09. The van der Waals surface area contributed by atoms with Gasteiger partial charge in [0.25, 0.3) is 0 Å². The number of aliphatic hydroxyl groups excluding tert-OH is 1. The summed E-state index contributed by atoms with van der Waals surface area (Å²) in [4.78, 5) is 0. The van der Waals surface area contributed by atoms with Gasteiger partial charge in [-0.3, -0.25) is 0 Å². The van der Waals surface area contributed by atoms with Crippen LogP contribution in [0.3, 0.4) is 0 Å². The van der Waals surface area contributed by atoms with Crippen LogP contribution in [0.1, 0.15) is 117 Å². The van der Waals surface area contributed by atoms with Gasteiger partial charge in [0.2, 0.25) is 0 Å². The van der Waals surface area contributed by atoms with Gasteiger partial charge >= 0.3 is 0 Å². The lowest BCUT2D eigenvalue weighted by Gasteiger charge is -2.28. The van der Waals surface area contributed by atoms with Gasteiger partial charge in [-0.1, -0.05) is 103 Å². The topological polar surface area (TPSA) is 57.2 Å². The van der Waals surface area contributed by atoms with Gasteiger partial charge in [0, 0.05) is 20.8 Å². The quantitative estimate of drug-likeness (QED) is 0.126. The van der Waals surface area contributed by atoms with Crippen molar-refractivity contribution < 1.29 is 24.1 Å². The monoisotopic (exact) mass is 446 g/mol. The third-order valence-electron chi connectivity index (χ3n) is 6.09. The summed E-state index contributed by atoms with van der Waals surface area (Å²) in [6, 6.07) is 0. The van der Waals surface area contributed by atoms with Crippen molar-refractivity contribution in [1.82, 2.24) is 0 Å². The lowest BCUT2D eigenvalue weighted by atomic mass is 10.0. The minimum Gasteiger partial charge on any atom is -0.394 e. The van der Waals surface area contributed by atoms with Crippen LogP contribution < -0.4 is 0 Å². The van der Waals surface area contributed by atoms with E-state index in [1.54, 1.807) is 21.1 Å². The van der Waals surface area contributed by atoms with Crippen molar-refractivity contribution in [2.75, 3.05) is 40.6 Å².